The molecular weight excluding hydrogens is 276 g/mol. The molecule has 0 unspecified atom stereocenters. The quantitative estimate of drug-likeness (QED) is 0.694. The molecule has 3 aromatic rings. The zero-order valence-electron chi connectivity index (χ0n) is 10.3. The summed E-state index contributed by atoms with van der Waals surface area (Å²) in [7, 11) is 0. The lowest BCUT2D eigenvalue weighted by molar-refractivity contribution is 0.111. The molecule has 3 rings (SSSR count). The average molecular weight is 285 g/mol. The molecule has 2 heterocycles. The molecule has 6 heteroatoms. The van der Waals surface area contributed by atoms with Crippen molar-refractivity contribution < 1.29 is 4.79 Å². The van der Waals surface area contributed by atoms with E-state index in [1.165, 1.54) is 0 Å². The molecule has 0 atom stereocenters. The Morgan fingerprint density at radius 3 is 2.50 bits per heavy atom. The fourth-order valence-corrected chi connectivity index (χ4v) is 1.97. The van der Waals surface area contributed by atoms with Crippen LogP contribution >= 0.6 is 11.6 Å². The summed E-state index contributed by atoms with van der Waals surface area (Å²) in [6.45, 7) is 0. The predicted octanol–water partition coefficient (Wildman–Crippen LogP) is 2.80. The van der Waals surface area contributed by atoms with E-state index < -0.39 is 0 Å². The van der Waals surface area contributed by atoms with Gasteiger partial charge in [0, 0.05) is 5.56 Å². The third-order valence-electron chi connectivity index (χ3n) is 2.75. The molecule has 0 bridgehead atoms. The van der Waals surface area contributed by atoms with Crippen molar-refractivity contribution in [3.8, 4) is 17.1 Å². The fraction of sp³-hybridized carbons (Fsp3) is 0. The number of nitrogens with zero attached hydrogens (tertiary/aromatic N) is 4. The van der Waals surface area contributed by atoms with Crippen LogP contribution in [0.2, 0.25) is 5.15 Å². The first kappa shape index (κ1) is 12.5. The second-order valence-corrected chi connectivity index (χ2v) is 4.45. The lowest BCUT2D eigenvalue weighted by Crippen LogP contribution is -2.03. The van der Waals surface area contributed by atoms with E-state index in [1.54, 1.807) is 22.9 Å². The molecule has 0 saturated heterocycles. The minimum Gasteiger partial charge on any atom is -0.296 e. The van der Waals surface area contributed by atoms with Gasteiger partial charge >= 0.3 is 0 Å². The van der Waals surface area contributed by atoms with Crippen molar-refractivity contribution in [1.82, 2.24) is 20.0 Å². The van der Waals surface area contributed by atoms with Gasteiger partial charge in [-0.15, -0.1) is 10.2 Å². The smallest absolute Gasteiger partial charge is 0.176 e. The minimum atomic E-state index is 0.303. The normalized spacial score (nSPS) is 10.4. The SMILES string of the molecule is O=Cc1cc(-c2ccccc2)n(-c2ccc(Cl)nn2)n1. The van der Waals surface area contributed by atoms with E-state index in [2.05, 4.69) is 15.3 Å². The molecule has 0 N–H and O–H groups in total. The third-order valence-corrected chi connectivity index (χ3v) is 2.96. The molecule has 0 spiro atoms. The Labute approximate surface area is 119 Å². The number of halogens is 1. The van der Waals surface area contributed by atoms with E-state index in [-0.39, 0.29) is 0 Å². The Morgan fingerprint density at radius 1 is 1.05 bits per heavy atom. The van der Waals surface area contributed by atoms with Crippen LogP contribution in [0.5, 0.6) is 0 Å². The molecule has 20 heavy (non-hydrogen) atoms. The summed E-state index contributed by atoms with van der Waals surface area (Å²) in [5.74, 6) is 0.501. The monoisotopic (exact) mass is 284 g/mol. The summed E-state index contributed by atoms with van der Waals surface area (Å²) in [4.78, 5) is 11.0. The number of aldehydes is 1. The molecule has 0 aliphatic heterocycles. The zero-order valence-corrected chi connectivity index (χ0v) is 11.0. The van der Waals surface area contributed by atoms with Gasteiger partial charge in [-0.25, -0.2) is 4.68 Å². The van der Waals surface area contributed by atoms with Crippen LogP contribution < -0.4 is 0 Å². The van der Waals surface area contributed by atoms with Crippen LogP contribution in [-0.4, -0.2) is 26.3 Å². The molecule has 0 radical (unpaired) electrons. The lowest BCUT2D eigenvalue weighted by Gasteiger charge is -2.05. The largest absolute Gasteiger partial charge is 0.296 e. The number of carbonyl (C=O) groups is 1. The standard InChI is InChI=1S/C14H9ClN4O/c15-13-6-7-14(17-16-13)19-12(8-11(9-20)18-19)10-4-2-1-3-5-10/h1-9H. The van der Waals surface area contributed by atoms with E-state index in [9.17, 15) is 4.79 Å². The summed E-state index contributed by atoms with van der Waals surface area (Å²) in [5.41, 5.74) is 2.04. The summed E-state index contributed by atoms with van der Waals surface area (Å²) in [6, 6.07) is 14.7. The Morgan fingerprint density at radius 2 is 1.85 bits per heavy atom. The van der Waals surface area contributed by atoms with Crippen LogP contribution in [-0.2, 0) is 0 Å². The van der Waals surface area contributed by atoms with Crippen LogP contribution in [0.1, 0.15) is 10.5 Å². The molecule has 0 fully saturated rings. The van der Waals surface area contributed by atoms with Crippen LogP contribution in [0.4, 0.5) is 0 Å². The van der Waals surface area contributed by atoms with Crippen molar-refractivity contribution in [1.29, 1.82) is 0 Å². The zero-order chi connectivity index (χ0) is 13.9. The van der Waals surface area contributed by atoms with Gasteiger partial charge in [-0.05, 0) is 18.2 Å². The third kappa shape index (κ3) is 2.31. The van der Waals surface area contributed by atoms with Gasteiger partial charge in [0.15, 0.2) is 17.3 Å². The van der Waals surface area contributed by atoms with Crippen molar-refractivity contribution in [2.75, 3.05) is 0 Å². The Kier molecular flexibility index (Phi) is 3.26. The van der Waals surface area contributed by atoms with Gasteiger partial charge in [-0.3, -0.25) is 4.79 Å². The highest BCUT2D eigenvalue weighted by molar-refractivity contribution is 6.29. The molecule has 5 nitrogen and oxygen atoms in total. The van der Waals surface area contributed by atoms with Crippen LogP contribution in [0.15, 0.2) is 48.5 Å². The number of carbonyl (C=O) groups excluding carboxylic acids is 1. The molecule has 2 aromatic heterocycles. The Hall–Kier alpha value is -2.53. The van der Waals surface area contributed by atoms with Gasteiger partial charge in [0.25, 0.3) is 0 Å². The first-order valence-electron chi connectivity index (χ1n) is 5.88. The molecule has 0 aliphatic carbocycles. The minimum absolute atomic E-state index is 0.303. The highest BCUT2D eigenvalue weighted by atomic mass is 35.5. The Balaban J connectivity index is 2.17. The molecule has 1 aromatic carbocycles. The van der Waals surface area contributed by atoms with Gasteiger partial charge < -0.3 is 0 Å². The number of rotatable bonds is 3. The van der Waals surface area contributed by atoms with E-state index in [4.69, 9.17) is 11.6 Å². The summed E-state index contributed by atoms with van der Waals surface area (Å²) in [5, 5.41) is 12.3. The molecule has 0 aliphatic rings. The van der Waals surface area contributed by atoms with Gasteiger partial charge in [-0.2, -0.15) is 5.10 Å². The lowest BCUT2D eigenvalue weighted by atomic mass is 10.1. The van der Waals surface area contributed by atoms with Crippen molar-refractivity contribution in [2.45, 2.75) is 0 Å². The number of benzene rings is 1. The maximum atomic E-state index is 11.0. The van der Waals surface area contributed by atoms with Crippen LogP contribution in [0, 0.1) is 0 Å². The van der Waals surface area contributed by atoms with Crippen molar-refractivity contribution in [2.24, 2.45) is 0 Å². The molecule has 98 valence electrons. The first-order valence-corrected chi connectivity index (χ1v) is 6.26. The topological polar surface area (TPSA) is 60.7 Å². The summed E-state index contributed by atoms with van der Waals surface area (Å²) < 4.78 is 1.57. The van der Waals surface area contributed by atoms with Gasteiger partial charge in [0.05, 0.1) is 5.69 Å². The van der Waals surface area contributed by atoms with E-state index >= 15 is 0 Å². The average Bonchev–Trinajstić information content (AvgIpc) is 2.93. The maximum absolute atomic E-state index is 11.0. The second-order valence-electron chi connectivity index (χ2n) is 4.06. The van der Waals surface area contributed by atoms with Gasteiger partial charge in [-0.1, -0.05) is 41.9 Å². The second kappa shape index (κ2) is 5.22. The van der Waals surface area contributed by atoms with Crippen LogP contribution in [0.3, 0.4) is 0 Å². The molecular formula is C14H9ClN4O. The summed E-state index contributed by atoms with van der Waals surface area (Å²) in [6.07, 6.45) is 0.701. The van der Waals surface area contributed by atoms with Gasteiger partial charge in [0.1, 0.15) is 5.69 Å². The highest BCUT2D eigenvalue weighted by Gasteiger charge is 2.12. The highest BCUT2D eigenvalue weighted by Crippen LogP contribution is 2.22. The first-order chi connectivity index (χ1) is 9.78. The van der Waals surface area contributed by atoms with Crippen molar-refractivity contribution >= 4 is 17.9 Å². The van der Waals surface area contributed by atoms with E-state index in [1.807, 2.05) is 30.3 Å². The van der Waals surface area contributed by atoms with E-state index in [0.29, 0.717) is 23.0 Å². The number of aromatic nitrogens is 4. The fourth-order valence-electron chi connectivity index (χ4n) is 1.87. The number of hydrogen-bond acceptors (Lipinski definition) is 4. The molecule has 0 saturated carbocycles. The Bertz CT molecular complexity index is 738. The predicted molar refractivity (Wildman–Crippen MR) is 75.0 cm³/mol. The summed E-state index contributed by atoms with van der Waals surface area (Å²) >= 11 is 5.73. The van der Waals surface area contributed by atoms with Gasteiger partial charge in [0.2, 0.25) is 0 Å². The van der Waals surface area contributed by atoms with E-state index in [0.717, 1.165) is 11.3 Å². The van der Waals surface area contributed by atoms with Crippen LogP contribution in [0.25, 0.3) is 17.1 Å². The van der Waals surface area contributed by atoms with Crippen molar-refractivity contribution in [3.05, 3.63) is 59.4 Å². The maximum Gasteiger partial charge on any atom is 0.176 e. The molecule has 0 amide bonds. The van der Waals surface area contributed by atoms with Crippen molar-refractivity contribution in [3.63, 3.8) is 0 Å². The number of hydrogen-bond donors (Lipinski definition) is 0.